The van der Waals surface area contributed by atoms with Crippen LogP contribution in [0.4, 0.5) is 0 Å². The molecule has 0 bridgehead atoms. The lowest BCUT2D eigenvalue weighted by Crippen LogP contribution is -2.28. The second-order valence-corrected chi connectivity index (χ2v) is 7.99. The third-order valence-corrected chi connectivity index (χ3v) is 5.66. The third-order valence-electron chi connectivity index (χ3n) is 5.66. The summed E-state index contributed by atoms with van der Waals surface area (Å²) in [6.45, 7) is 8.72. The van der Waals surface area contributed by atoms with Crippen molar-refractivity contribution in [2.45, 2.75) is 52.5 Å². The average molecular weight is 362 g/mol. The number of phenolic OH excluding ortho intramolecular Hbond substituents is 2. The lowest BCUT2D eigenvalue weighted by atomic mass is 9.86. The molecule has 0 spiro atoms. The Hall–Kier alpha value is -2.62. The monoisotopic (exact) mass is 362 g/mol. The van der Waals surface area contributed by atoms with E-state index in [1.165, 1.54) is 16.4 Å². The van der Waals surface area contributed by atoms with E-state index < -0.39 is 0 Å². The highest BCUT2D eigenvalue weighted by atomic mass is 16.3. The van der Waals surface area contributed by atoms with Crippen LogP contribution in [0.2, 0.25) is 0 Å². The quantitative estimate of drug-likeness (QED) is 0.824. The van der Waals surface area contributed by atoms with Crippen LogP contribution in [0, 0.1) is 13.8 Å². The second-order valence-electron chi connectivity index (χ2n) is 7.99. The van der Waals surface area contributed by atoms with Crippen molar-refractivity contribution in [1.29, 1.82) is 0 Å². The van der Waals surface area contributed by atoms with Gasteiger partial charge in [0.15, 0.2) is 0 Å². The molecule has 0 aliphatic carbocycles. The summed E-state index contributed by atoms with van der Waals surface area (Å²) < 4.78 is 0. The molecule has 1 atom stereocenters. The zero-order valence-corrected chi connectivity index (χ0v) is 16.4. The van der Waals surface area contributed by atoms with Crippen LogP contribution >= 0.6 is 0 Å². The summed E-state index contributed by atoms with van der Waals surface area (Å²) in [5.41, 5.74) is 5.79. The van der Waals surface area contributed by atoms with Gasteiger partial charge in [-0.1, -0.05) is 26.0 Å². The fourth-order valence-electron chi connectivity index (χ4n) is 4.37. The Labute approximate surface area is 159 Å². The van der Waals surface area contributed by atoms with E-state index in [1.54, 1.807) is 6.07 Å². The van der Waals surface area contributed by atoms with Gasteiger partial charge in [-0.3, -0.25) is 9.98 Å². The first-order valence-electron chi connectivity index (χ1n) is 9.62. The molecule has 4 heteroatoms. The van der Waals surface area contributed by atoms with Crippen LogP contribution in [0.15, 0.2) is 34.3 Å². The van der Waals surface area contributed by atoms with Crippen LogP contribution in [0.3, 0.4) is 0 Å². The van der Waals surface area contributed by atoms with E-state index in [0.717, 1.165) is 35.2 Å². The molecule has 2 aromatic carbocycles. The molecule has 2 heterocycles. The molecule has 2 aliphatic heterocycles. The summed E-state index contributed by atoms with van der Waals surface area (Å²) >= 11 is 0. The Morgan fingerprint density at radius 2 is 1.93 bits per heavy atom. The lowest BCUT2D eigenvalue weighted by Gasteiger charge is -2.24. The minimum absolute atomic E-state index is 0.0439. The van der Waals surface area contributed by atoms with Crippen molar-refractivity contribution in [3.63, 3.8) is 0 Å². The first-order valence-corrected chi connectivity index (χ1v) is 9.62. The van der Waals surface area contributed by atoms with Crippen molar-refractivity contribution >= 4 is 11.3 Å². The second kappa shape index (κ2) is 6.52. The molecule has 4 rings (SSSR count). The van der Waals surface area contributed by atoms with Crippen molar-refractivity contribution in [2.24, 2.45) is 9.98 Å². The number of nitrogens with zero attached hydrogens (tertiary/aromatic N) is 2. The minimum atomic E-state index is -0.0439. The van der Waals surface area contributed by atoms with E-state index in [4.69, 9.17) is 9.98 Å². The summed E-state index contributed by atoms with van der Waals surface area (Å²) in [4.78, 5) is 9.73. The van der Waals surface area contributed by atoms with Crippen molar-refractivity contribution < 1.29 is 10.2 Å². The number of phenols is 2. The highest BCUT2D eigenvalue weighted by Crippen LogP contribution is 2.38. The molecule has 4 nitrogen and oxygen atoms in total. The molecule has 2 aliphatic rings. The van der Waals surface area contributed by atoms with E-state index in [0.29, 0.717) is 12.0 Å². The number of fused-ring (bicyclic) bond motifs is 2. The summed E-state index contributed by atoms with van der Waals surface area (Å²) in [6, 6.07) is 8.04. The Morgan fingerprint density at radius 1 is 1.15 bits per heavy atom. The van der Waals surface area contributed by atoms with Gasteiger partial charge in [-0.15, -0.1) is 0 Å². The van der Waals surface area contributed by atoms with Gasteiger partial charge < -0.3 is 10.2 Å². The van der Waals surface area contributed by atoms with Gasteiger partial charge in [-0.2, -0.15) is 0 Å². The van der Waals surface area contributed by atoms with E-state index in [-0.39, 0.29) is 23.5 Å². The van der Waals surface area contributed by atoms with E-state index in [9.17, 15) is 10.2 Å². The van der Waals surface area contributed by atoms with Crippen LogP contribution < -0.4 is 10.6 Å². The largest absolute Gasteiger partial charge is 0.508 e. The van der Waals surface area contributed by atoms with Crippen LogP contribution in [0.25, 0.3) is 5.57 Å². The molecular weight excluding hydrogens is 336 g/mol. The summed E-state index contributed by atoms with van der Waals surface area (Å²) in [5.74, 6) is 0.621. The van der Waals surface area contributed by atoms with Gasteiger partial charge >= 0.3 is 0 Å². The summed E-state index contributed by atoms with van der Waals surface area (Å²) in [7, 11) is 0. The smallest absolute Gasteiger partial charge is 0.122 e. The fourth-order valence-corrected chi connectivity index (χ4v) is 4.37. The zero-order chi connectivity index (χ0) is 19.3. The number of hydrogen-bond acceptors (Lipinski definition) is 4. The molecule has 0 fully saturated rings. The Kier molecular flexibility index (Phi) is 4.29. The maximum absolute atomic E-state index is 10.7. The van der Waals surface area contributed by atoms with Gasteiger partial charge in [-0.05, 0) is 55.0 Å². The SMILES string of the molecule is Cc1ccc2c(c1)=NC1C(Cc3c(O)c(C)cc(O)c3C(C)C)=NCCC=21. The maximum Gasteiger partial charge on any atom is 0.122 e. The number of aryl methyl sites for hydroxylation is 2. The number of hydrogen-bond donors (Lipinski definition) is 2. The first kappa shape index (κ1) is 17.8. The van der Waals surface area contributed by atoms with Crippen molar-refractivity contribution in [3.05, 3.63) is 57.1 Å². The van der Waals surface area contributed by atoms with Crippen molar-refractivity contribution in [2.75, 3.05) is 6.54 Å². The fraction of sp³-hybridized carbons (Fsp3) is 0.391. The van der Waals surface area contributed by atoms with Crippen molar-refractivity contribution in [3.8, 4) is 11.5 Å². The molecule has 140 valence electrons. The number of rotatable bonds is 3. The van der Waals surface area contributed by atoms with Crippen LogP contribution in [0.1, 0.15) is 48.4 Å². The van der Waals surface area contributed by atoms with E-state index in [1.807, 2.05) is 20.8 Å². The highest BCUT2D eigenvalue weighted by Gasteiger charge is 2.29. The number of benzene rings is 2. The molecular formula is C23H26N2O2. The Morgan fingerprint density at radius 3 is 2.67 bits per heavy atom. The molecule has 0 amide bonds. The molecule has 0 saturated carbocycles. The van der Waals surface area contributed by atoms with Crippen molar-refractivity contribution in [1.82, 2.24) is 0 Å². The van der Waals surface area contributed by atoms with E-state index >= 15 is 0 Å². The third kappa shape index (κ3) is 2.93. The van der Waals surface area contributed by atoms with E-state index in [2.05, 4.69) is 25.1 Å². The standard InChI is InChI=1S/C23H26N2O2/c1-12(2)21-17(23(27)14(4)10-20(21)26)11-19-22-16(7-8-24-19)15-6-5-13(3)9-18(15)25-22/h5-6,9-10,12,22,26-27H,7-8,11H2,1-4H3. The molecule has 2 N–H and O–H groups in total. The highest BCUT2D eigenvalue weighted by molar-refractivity contribution is 6.01. The molecule has 0 aromatic heterocycles. The van der Waals surface area contributed by atoms with Crippen LogP contribution in [0.5, 0.6) is 11.5 Å². The predicted octanol–water partition coefficient (Wildman–Crippen LogP) is 3.08. The average Bonchev–Trinajstić information content (AvgIpc) is 2.97. The molecule has 0 saturated heterocycles. The first-order chi connectivity index (χ1) is 12.9. The molecule has 1 unspecified atom stereocenters. The van der Waals surface area contributed by atoms with Gasteiger partial charge in [0.05, 0.1) is 5.36 Å². The molecule has 27 heavy (non-hydrogen) atoms. The Bertz CT molecular complexity index is 1080. The van der Waals surface area contributed by atoms with Crippen LogP contribution in [-0.4, -0.2) is 28.5 Å². The minimum Gasteiger partial charge on any atom is -0.508 e. The van der Waals surface area contributed by atoms with Crippen LogP contribution in [-0.2, 0) is 6.42 Å². The summed E-state index contributed by atoms with van der Waals surface area (Å²) in [5, 5.41) is 23.5. The zero-order valence-electron chi connectivity index (χ0n) is 16.4. The lowest BCUT2D eigenvalue weighted by molar-refractivity contribution is 0.443. The van der Waals surface area contributed by atoms with Gasteiger partial charge in [-0.25, -0.2) is 0 Å². The molecule has 0 radical (unpaired) electrons. The summed E-state index contributed by atoms with van der Waals surface area (Å²) in [6.07, 6.45) is 1.44. The number of aromatic hydroxyl groups is 2. The van der Waals surface area contributed by atoms with Gasteiger partial charge in [0.25, 0.3) is 0 Å². The molecule has 2 aromatic rings. The maximum atomic E-state index is 10.7. The normalized spacial score (nSPS) is 18.2. The van der Waals surface area contributed by atoms with Gasteiger partial charge in [0, 0.05) is 35.0 Å². The predicted molar refractivity (Wildman–Crippen MR) is 108 cm³/mol. The number of aliphatic imine (C=N–C) groups is 1. The van der Waals surface area contributed by atoms with Gasteiger partial charge in [0.1, 0.15) is 17.5 Å². The van der Waals surface area contributed by atoms with Gasteiger partial charge in [0.2, 0.25) is 0 Å². The Balaban J connectivity index is 1.80. The topological polar surface area (TPSA) is 65.2 Å².